The minimum absolute atomic E-state index is 0.330. The van der Waals surface area contributed by atoms with Crippen LogP contribution in [0.4, 0.5) is 0 Å². The molecule has 1 unspecified atom stereocenters. The molecule has 0 rings (SSSR count). The Morgan fingerprint density at radius 1 is 1.78 bits per heavy atom. The van der Waals surface area contributed by atoms with E-state index in [9.17, 15) is 0 Å². The van der Waals surface area contributed by atoms with Gasteiger partial charge in [0.2, 0.25) is 0 Å². The van der Waals surface area contributed by atoms with Crippen LogP contribution in [0.5, 0.6) is 0 Å². The molecule has 0 spiro atoms. The van der Waals surface area contributed by atoms with Crippen LogP contribution < -0.4 is 0 Å². The Balaban J connectivity index is 0. The largest absolute Gasteiger partial charge is 0.696 e. The van der Waals surface area contributed by atoms with Crippen LogP contribution in [0.2, 0.25) is 0 Å². The predicted octanol–water partition coefficient (Wildman–Crippen LogP) is 1.04. The van der Waals surface area contributed by atoms with Gasteiger partial charge in [0, 0.05) is 6.61 Å². The van der Waals surface area contributed by atoms with Gasteiger partial charge in [-0.1, -0.05) is 25.7 Å². The topological polar surface area (TPSA) is 44.0 Å². The van der Waals surface area contributed by atoms with E-state index < -0.39 is 0 Å². The summed E-state index contributed by atoms with van der Waals surface area (Å²) in [5, 5.41) is 16.8. The van der Waals surface area contributed by atoms with Crippen LogP contribution in [0.1, 0.15) is 20.3 Å². The van der Waals surface area contributed by atoms with Gasteiger partial charge >= 0.3 is 0 Å². The maximum absolute atomic E-state index is 8.33. The Labute approximate surface area is 61.9 Å². The number of thiocyanates is 1. The molecule has 0 fully saturated rings. The molecule has 1 N–H and O–H groups in total. The molecule has 0 aromatic heterocycles. The molecule has 9 heavy (non-hydrogen) atoms. The average molecular weight is 146 g/mol. The van der Waals surface area contributed by atoms with Gasteiger partial charge in [-0.05, 0) is 5.92 Å². The van der Waals surface area contributed by atoms with Crippen molar-refractivity contribution >= 4 is 12.6 Å². The third kappa shape index (κ3) is 18.3. The molecule has 0 heterocycles. The van der Waals surface area contributed by atoms with Crippen molar-refractivity contribution in [1.29, 1.82) is 5.26 Å². The second-order valence-electron chi connectivity index (χ2n) is 1.79. The molecule has 0 bridgehead atoms. The van der Waals surface area contributed by atoms with Crippen molar-refractivity contribution in [2.75, 3.05) is 6.61 Å². The molecule has 0 saturated carbocycles. The molecule has 54 valence electrons. The molecule has 0 saturated heterocycles. The molecule has 0 aliphatic heterocycles. The van der Waals surface area contributed by atoms with Crippen LogP contribution in [0.25, 0.3) is 0 Å². The molecule has 0 aliphatic carbocycles. The molecule has 3 heteroatoms. The first-order valence-corrected chi connectivity index (χ1v) is 3.25. The third-order valence-corrected chi connectivity index (χ3v) is 1.01. The second-order valence-corrected chi connectivity index (χ2v) is 1.97. The lowest BCUT2D eigenvalue weighted by molar-refractivity contribution is 0.234. The minimum Gasteiger partial charge on any atom is -0.696 e. The lowest BCUT2D eigenvalue weighted by Crippen LogP contribution is -1.96. The zero-order chi connectivity index (χ0) is 7.70. The first-order chi connectivity index (χ1) is 4.22. The summed E-state index contributed by atoms with van der Waals surface area (Å²) < 4.78 is 0. The number of hydrogen-bond acceptors (Lipinski definition) is 3. The summed E-state index contributed by atoms with van der Waals surface area (Å²) in [4.78, 5) is 0. The summed E-state index contributed by atoms with van der Waals surface area (Å²) >= 11 is 3.70. The van der Waals surface area contributed by atoms with E-state index in [1.807, 2.05) is 6.92 Å². The van der Waals surface area contributed by atoms with Gasteiger partial charge in [0.15, 0.2) is 0 Å². The Hall–Kier alpha value is -0.330. The van der Waals surface area contributed by atoms with Gasteiger partial charge in [0.05, 0.1) is 0 Å². The summed E-state index contributed by atoms with van der Waals surface area (Å²) in [7, 11) is 0. The van der Waals surface area contributed by atoms with Crippen LogP contribution in [0.3, 0.4) is 0 Å². The van der Waals surface area contributed by atoms with Crippen LogP contribution in [0.15, 0.2) is 0 Å². The maximum atomic E-state index is 8.33. The van der Waals surface area contributed by atoms with Crippen LogP contribution in [0, 0.1) is 16.6 Å². The van der Waals surface area contributed by atoms with Crippen molar-refractivity contribution in [1.82, 2.24) is 0 Å². The van der Waals surface area contributed by atoms with Crippen molar-refractivity contribution in [2.45, 2.75) is 20.3 Å². The fourth-order valence-electron chi connectivity index (χ4n) is 0.129. The number of nitrogens with zero attached hydrogens (tertiary/aromatic N) is 1. The molecule has 0 aliphatic rings. The van der Waals surface area contributed by atoms with Crippen LogP contribution in [-0.4, -0.2) is 11.7 Å². The van der Waals surface area contributed by atoms with Gasteiger partial charge in [-0.2, -0.15) is 0 Å². The summed E-state index contributed by atoms with van der Waals surface area (Å²) in [6.07, 6.45) is 1.08. The number of aliphatic hydroxyl groups excluding tert-OH is 1. The van der Waals surface area contributed by atoms with Gasteiger partial charge < -0.3 is 17.7 Å². The van der Waals surface area contributed by atoms with Gasteiger partial charge in [-0.15, -0.1) is 0 Å². The van der Waals surface area contributed by atoms with E-state index in [-0.39, 0.29) is 0 Å². The number of rotatable bonds is 2. The highest BCUT2D eigenvalue weighted by molar-refractivity contribution is 7.64. The highest BCUT2D eigenvalue weighted by Gasteiger charge is 1.90. The Bertz CT molecular complexity index is 75.6. The normalized spacial score (nSPS) is 10.4. The summed E-state index contributed by atoms with van der Waals surface area (Å²) in [6, 6.07) is 0. The average Bonchev–Trinajstić information content (AvgIpc) is 1.88. The summed E-state index contributed by atoms with van der Waals surface area (Å²) in [6.45, 7) is 4.43. The molecular formula is C6H12NOS-. The van der Waals surface area contributed by atoms with Crippen molar-refractivity contribution in [3.05, 3.63) is 0 Å². The second kappa shape index (κ2) is 10.6. The lowest BCUT2D eigenvalue weighted by atomic mass is 10.1. The molecule has 0 aromatic rings. The smallest absolute Gasteiger partial charge is 0.0456 e. The van der Waals surface area contributed by atoms with E-state index in [4.69, 9.17) is 10.4 Å². The molecular weight excluding hydrogens is 134 g/mol. The Morgan fingerprint density at radius 3 is 2.11 bits per heavy atom. The van der Waals surface area contributed by atoms with Gasteiger partial charge in [0.1, 0.15) is 0 Å². The van der Waals surface area contributed by atoms with E-state index in [0.29, 0.717) is 12.5 Å². The SMILES string of the molecule is CCC(C)CO.N#C[S-]. The number of hydrogen-bond donors (Lipinski definition) is 1. The van der Waals surface area contributed by atoms with E-state index in [0.717, 1.165) is 6.42 Å². The highest BCUT2D eigenvalue weighted by Crippen LogP contribution is 1.95. The van der Waals surface area contributed by atoms with Crippen molar-refractivity contribution < 1.29 is 5.11 Å². The standard InChI is InChI=1S/C5H12O.CHNS/c1-3-5(2)4-6;2-1-3/h5-6H,3-4H2,1-2H3;3H/p-1. The van der Waals surface area contributed by atoms with Gasteiger partial charge in [0.25, 0.3) is 0 Å². The first kappa shape index (κ1) is 11.5. The van der Waals surface area contributed by atoms with Gasteiger partial charge in [-0.25, -0.2) is 5.26 Å². The van der Waals surface area contributed by atoms with Crippen molar-refractivity contribution in [3.8, 4) is 5.40 Å². The fourth-order valence-corrected chi connectivity index (χ4v) is 0.129. The third-order valence-electron chi connectivity index (χ3n) is 1.01. The van der Waals surface area contributed by atoms with E-state index in [2.05, 4.69) is 19.6 Å². The quantitative estimate of drug-likeness (QED) is 0.467. The molecule has 2 nitrogen and oxygen atoms in total. The molecule has 0 radical (unpaired) electrons. The van der Waals surface area contributed by atoms with Crippen LogP contribution >= 0.6 is 0 Å². The van der Waals surface area contributed by atoms with E-state index >= 15 is 0 Å². The summed E-state index contributed by atoms with van der Waals surface area (Å²) in [5.41, 5.74) is 0. The van der Waals surface area contributed by atoms with Crippen molar-refractivity contribution in [2.24, 2.45) is 5.92 Å². The lowest BCUT2D eigenvalue weighted by Gasteiger charge is -1.98. The highest BCUT2D eigenvalue weighted by atomic mass is 32.1. The Morgan fingerprint density at radius 2 is 2.11 bits per heavy atom. The number of aliphatic hydroxyl groups is 1. The Kier molecular flexibility index (Phi) is 13.5. The maximum Gasteiger partial charge on any atom is 0.0456 e. The van der Waals surface area contributed by atoms with Crippen molar-refractivity contribution in [3.63, 3.8) is 0 Å². The first-order valence-electron chi connectivity index (χ1n) is 2.84. The fraction of sp³-hybridized carbons (Fsp3) is 0.833. The van der Waals surface area contributed by atoms with Crippen LogP contribution in [-0.2, 0) is 12.6 Å². The molecule has 0 amide bonds. The monoisotopic (exact) mass is 146 g/mol. The minimum atomic E-state index is 0.330. The molecule has 1 atom stereocenters. The predicted molar refractivity (Wildman–Crippen MR) is 39.5 cm³/mol. The van der Waals surface area contributed by atoms with E-state index in [1.165, 1.54) is 5.40 Å². The molecule has 0 aromatic carbocycles. The zero-order valence-corrected chi connectivity index (χ0v) is 6.61. The van der Waals surface area contributed by atoms with E-state index in [1.54, 1.807) is 0 Å². The number of nitriles is 1. The zero-order valence-electron chi connectivity index (χ0n) is 5.79. The van der Waals surface area contributed by atoms with Gasteiger partial charge in [-0.3, -0.25) is 0 Å². The summed E-state index contributed by atoms with van der Waals surface area (Å²) in [5.74, 6) is 0.491.